The third kappa shape index (κ3) is 3.05. The number of ether oxygens (including phenoxy) is 1. The molecule has 0 amide bonds. The summed E-state index contributed by atoms with van der Waals surface area (Å²) < 4.78 is 4.75. The number of aliphatic hydroxyl groups excluding tert-OH is 1. The van der Waals surface area contributed by atoms with Gasteiger partial charge in [-0.2, -0.15) is 0 Å². The summed E-state index contributed by atoms with van der Waals surface area (Å²) in [5.41, 5.74) is 0.510. The van der Waals surface area contributed by atoms with Crippen LogP contribution in [0.5, 0.6) is 0 Å². The van der Waals surface area contributed by atoms with Crippen LogP contribution < -0.4 is 0 Å². The van der Waals surface area contributed by atoms with Gasteiger partial charge in [-0.3, -0.25) is 0 Å². The Bertz CT molecular complexity index is 295. The smallest absolute Gasteiger partial charge is 0.338 e. The highest BCUT2D eigenvalue weighted by atomic mass is 32.2. The average molecular weight is 212 g/mol. The molecule has 0 saturated carbocycles. The van der Waals surface area contributed by atoms with Crippen molar-refractivity contribution in [2.45, 2.75) is 4.90 Å². The largest absolute Gasteiger partial charge is 0.460 e. The minimum Gasteiger partial charge on any atom is -0.460 e. The van der Waals surface area contributed by atoms with Gasteiger partial charge in [-0.25, -0.2) is 4.79 Å². The van der Waals surface area contributed by atoms with Crippen LogP contribution in [0.1, 0.15) is 10.4 Å². The zero-order valence-electron chi connectivity index (χ0n) is 7.90. The van der Waals surface area contributed by atoms with Crippen LogP contribution in [-0.2, 0) is 4.74 Å². The lowest BCUT2D eigenvalue weighted by molar-refractivity contribution is 0.0433. The van der Waals surface area contributed by atoms with Gasteiger partial charge < -0.3 is 9.84 Å². The molecule has 0 radical (unpaired) electrons. The second kappa shape index (κ2) is 5.67. The molecule has 0 atom stereocenters. The molecular formula is C10H12O3S. The van der Waals surface area contributed by atoms with Crippen LogP contribution in [0.4, 0.5) is 0 Å². The molecule has 0 aliphatic heterocycles. The lowest BCUT2D eigenvalue weighted by atomic mass is 10.2. The molecule has 1 N–H and O–H groups in total. The van der Waals surface area contributed by atoms with E-state index in [-0.39, 0.29) is 13.2 Å². The fraction of sp³-hybridized carbons (Fsp3) is 0.300. The number of carbonyl (C=O) groups excluding carboxylic acids is 1. The molecule has 1 aromatic carbocycles. The van der Waals surface area contributed by atoms with Crippen molar-refractivity contribution in [2.24, 2.45) is 0 Å². The standard InChI is InChI=1S/C10H12O3S/c1-14-9-4-2-8(3-5-9)10(12)13-7-6-11/h2-5,11H,6-7H2,1H3. The van der Waals surface area contributed by atoms with Crippen LogP contribution in [0.3, 0.4) is 0 Å². The zero-order chi connectivity index (χ0) is 10.4. The SMILES string of the molecule is CSc1ccc(C(=O)OCCO)cc1. The first-order valence-electron chi connectivity index (χ1n) is 4.20. The molecule has 0 fully saturated rings. The summed E-state index contributed by atoms with van der Waals surface area (Å²) in [5, 5.41) is 8.46. The zero-order valence-corrected chi connectivity index (χ0v) is 8.71. The maximum atomic E-state index is 11.3. The molecule has 0 aliphatic rings. The van der Waals surface area contributed by atoms with Crippen LogP contribution in [0, 0.1) is 0 Å². The second-order valence-electron chi connectivity index (χ2n) is 2.59. The first-order valence-corrected chi connectivity index (χ1v) is 5.42. The van der Waals surface area contributed by atoms with Gasteiger partial charge in [-0.05, 0) is 30.5 Å². The van der Waals surface area contributed by atoms with E-state index in [0.717, 1.165) is 4.90 Å². The van der Waals surface area contributed by atoms with E-state index in [1.807, 2.05) is 18.4 Å². The topological polar surface area (TPSA) is 46.5 Å². The lowest BCUT2D eigenvalue weighted by Gasteiger charge is -2.02. The first-order chi connectivity index (χ1) is 6.77. The molecule has 0 bridgehead atoms. The van der Waals surface area contributed by atoms with Gasteiger partial charge in [0.1, 0.15) is 6.61 Å². The summed E-state index contributed by atoms with van der Waals surface area (Å²) in [6, 6.07) is 7.15. The molecule has 76 valence electrons. The van der Waals surface area contributed by atoms with Gasteiger partial charge in [0.2, 0.25) is 0 Å². The molecule has 0 unspecified atom stereocenters. The van der Waals surface area contributed by atoms with Crippen LogP contribution in [0.25, 0.3) is 0 Å². The van der Waals surface area contributed by atoms with Crippen molar-refractivity contribution in [1.29, 1.82) is 0 Å². The maximum Gasteiger partial charge on any atom is 0.338 e. The van der Waals surface area contributed by atoms with Crippen molar-refractivity contribution in [3.8, 4) is 0 Å². The molecule has 0 aromatic heterocycles. The fourth-order valence-electron chi connectivity index (χ4n) is 0.949. The average Bonchev–Trinajstić information content (AvgIpc) is 2.26. The van der Waals surface area contributed by atoms with Gasteiger partial charge in [0.15, 0.2) is 0 Å². The van der Waals surface area contributed by atoms with Crippen LogP contribution in [0.2, 0.25) is 0 Å². The number of rotatable bonds is 4. The summed E-state index contributed by atoms with van der Waals surface area (Å²) in [7, 11) is 0. The van der Waals surface area contributed by atoms with Gasteiger partial charge in [0, 0.05) is 4.90 Å². The van der Waals surface area contributed by atoms with E-state index in [1.165, 1.54) is 0 Å². The van der Waals surface area contributed by atoms with Crippen molar-refractivity contribution in [1.82, 2.24) is 0 Å². The Balaban J connectivity index is 2.62. The highest BCUT2D eigenvalue weighted by Gasteiger charge is 2.05. The van der Waals surface area contributed by atoms with E-state index in [2.05, 4.69) is 0 Å². The van der Waals surface area contributed by atoms with E-state index < -0.39 is 5.97 Å². The second-order valence-corrected chi connectivity index (χ2v) is 3.47. The molecule has 1 aromatic rings. The van der Waals surface area contributed by atoms with Gasteiger partial charge in [0.05, 0.1) is 12.2 Å². The molecule has 0 saturated heterocycles. The number of benzene rings is 1. The Labute approximate surface area is 87.1 Å². The summed E-state index contributed by atoms with van der Waals surface area (Å²) >= 11 is 1.61. The fourth-order valence-corrected chi connectivity index (χ4v) is 1.36. The van der Waals surface area contributed by atoms with Crippen LogP contribution >= 0.6 is 11.8 Å². The van der Waals surface area contributed by atoms with E-state index in [1.54, 1.807) is 23.9 Å². The Hall–Kier alpha value is -1.00. The lowest BCUT2D eigenvalue weighted by Crippen LogP contribution is -2.08. The number of esters is 1. The maximum absolute atomic E-state index is 11.3. The Morgan fingerprint density at radius 1 is 1.43 bits per heavy atom. The minimum atomic E-state index is -0.397. The van der Waals surface area contributed by atoms with Gasteiger partial charge in [-0.1, -0.05) is 0 Å². The van der Waals surface area contributed by atoms with Crippen LogP contribution in [-0.4, -0.2) is 30.5 Å². The normalized spacial score (nSPS) is 9.86. The van der Waals surface area contributed by atoms with Crippen molar-refractivity contribution < 1.29 is 14.6 Å². The number of hydrogen-bond donors (Lipinski definition) is 1. The molecule has 4 heteroatoms. The van der Waals surface area contributed by atoms with Gasteiger partial charge in [-0.15, -0.1) is 11.8 Å². The molecule has 0 aliphatic carbocycles. The van der Waals surface area contributed by atoms with Crippen molar-refractivity contribution in [3.63, 3.8) is 0 Å². The van der Waals surface area contributed by atoms with E-state index in [0.29, 0.717) is 5.56 Å². The highest BCUT2D eigenvalue weighted by molar-refractivity contribution is 7.98. The van der Waals surface area contributed by atoms with E-state index in [9.17, 15) is 4.79 Å². The molecule has 3 nitrogen and oxygen atoms in total. The summed E-state index contributed by atoms with van der Waals surface area (Å²) in [6.45, 7) is -0.0995. The third-order valence-electron chi connectivity index (χ3n) is 1.65. The summed E-state index contributed by atoms with van der Waals surface area (Å²) in [5.74, 6) is -0.397. The number of thioether (sulfide) groups is 1. The molecular weight excluding hydrogens is 200 g/mol. The molecule has 14 heavy (non-hydrogen) atoms. The number of aliphatic hydroxyl groups is 1. The quantitative estimate of drug-likeness (QED) is 0.607. The monoisotopic (exact) mass is 212 g/mol. The predicted octanol–water partition coefficient (Wildman–Crippen LogP) is 1.56. The van der Waals surface area contributed by atoms with Crippen molar-refractivity contribution >= 4 is 17.7 Å². The number of carbonyl (C=O) groups is 1. The predicted molar refractivity (Wildman–Crippen MR) is 55.6 cm³/mol. The van der Waals surface area contributed by atoms with Crippen LogP contribution in [0.15, 0.2) is 29.2 Å². The Morgan fingerprint density at radius 3 is 2.57 bits per heavy atom. The van der Waals surface area contributed by atoms with E-state index >= 15 is 0 Å². The van der Waals surface area contributed by atoms with Gasteiger partial charge >= 0.3 is 5.97 Å². The summed E-state index contributed by atoms with van der Waals surface area (Å²) in [4.78, 5) is 12.4. The molecule has 1 rings (SSSR count). The molecule has 0 heterocycles. The minimum absolute atomic E-state index is 0.0448. The third-order valence-corrected chi connectivity index (χ3v) is 2.39. The molecule has 0 spiro atoms. The Kier molecular flexibility index (Phi) is 4.49. The van der Waals surface area contributed by atoms with Crippen molar-refractivity contribution in [3.05, 3.63) is 29.8 Å². The highest BCUT2D eigenvalue weighted by Crippen LogP contribution is 2.15. The Morgan fingerprint density at radius 2 is 2.07 bits per heavy atom. The summed E-state index contributed by atoms with van der Waals surface area (Å²) in [6.07, 6.45) is 1.97. The van der Waals surface area contributed by atoms with Crippen molar-refractivity contribution in [2.75, 3.05) is 19.5 Å². The van der Waals surface area contributed by atoms with Gasteiger partial charge in [0.25, 0.3) is 0 Å². The first kappa shape index (κ1) is 11.1. The number of hydrogen-bond acceptors (Lipinski definition) is 4. The van der Waals surface area contributed by atoms with E-state index in [4.69, 9.17) is 9.84 Å².